The molecule has 1 heterocycles. The molecule has 0 fully saturated rings. The highest BCUT2D eigenvalue weighted by Crippen LogP contribution is 2.36. The van der Waals surface area contributed by atoms with Gasteiger partial charge in [-0.1, -0.05) is 35.9 Å². The number of allylic oxidation sites excluding steroid dienone is 4. The number of hydrogen-bond donors (Lipinski definition) is 1. The van der Waals surface area contributed by atoms with E-state index >= 15 is 0 Å². The van der Waals surface area contributed by atoms with E-state index < -0.39 is 29.6 Å². The van der Waals surface area contributed by atoms with Crippen molar-refractivity contribution >= 4 is 22.5 Å². The normalized spacial score (nSPS) is 15.9. The number of methoxy groups -OCH3 is 2. The first kappa shape index (κ1) is 28.6. The number of aryl methyl sites for hydroxylation is 2. The van der Waals surface area contributed by atoms with Crippen LogP contribution in [-0.4, -0.2) is 43.3 Å². The molecule has 2 atom stereocenters. The molecule has 0 amide bonds. The number of carboxylic acid groups (broad SMARTS) is 1. The minimum Gasteiger partial charge on any atom is -0.493 e. The van der Waals surface area contributed by atoms with Crippen LogP contribution in [0.3, 0.4) is 0 Å². The first-order valence-electron chi connectivity index (χ1n) is 12.9. The molecule has 8 nitrogen and oxygen atoms in total. The van der Waals surface area contributed by atoms with Crippen molar-refractivity contribution in [1.29, 1.82) is 0 Å². The van der Waals surface area contributed by atoms with Crippen molar-refractivity contribution < 1.29 is 33.3 Å². The average Bonchev–Trinajstić information content (AvgIpc) is 3.07. The molecule has 1 aromatic heterocycles. The molecule has 0 spiro atoms. The second kappa shape index (κ2) is 12.2. The quantitative estimate of drug-likeness (QED) is 0.328. The zero-order valence-corrected chi connectivity index (χ0v) is 23.1. The molecular weight excluding hydrogens is 512 g/mol. The average molecular weight is 545 g/mol. The van der Waals surface area contributed by atoms with E-state index in [-0.39, 0.29) is 11.3 Å². The highest BCUT2D eigenvalue weighted by atomic mass is 16.5. The molecule has 1 N–H and O–H groups in total. The number of carbonyl (C=O) groups excluding carboxylic acids is 1. The van der Waals surface area contributed by atoms with E-state index in [0.717, 1.165) is 5.56 Å². The second-order valence-corrected chi connectivity index (χ2v) is 9.74. The number of carboxylic acids is 1. The lowest BCUT2D eigenvalue weighted by molar-refractivity contribution is -0.152. The summed E-state index contributed by atoms with van der Waals surface area (Å²) in [5.74, 6) is -0.818. The fourth-order valence-corrected chi connectivity index (χ4v) is 4.84. The molecule has 2 aromatic carbocycles. The van der Waals surface area contributed by atoms with Crippen LogP contribution in [-0.2, 0) is 16.0 Å². The van der Waals surface area contributed by atoms with Crippen LogP contribution in [0, 0.1) is 6.92 Å². The number of ether oxygens (including phenoxy) is 3. The third-order valence-electron chi connectivity index (χ3n) is 6.87. The Morgan fingerprint density at radius 2 is 1.75 bits per heavy atom. The summed E-state index contributed by atoms with van der Waals surface area (Å²) in [6.45, 7) is 5.29. The van der Waals surface area contributed by atoms with E-state index in [9.17, 15) is 19.5 Å². The lowest BCUT2D eigenvalue weighted by Gasteiger charge is -2.21. The van der Waals surface area contributed by atoms with Gasteiger partial charge in [0.2, 0.25) is 5.78 Å². The summed E-state index contributed by atoms with van der Waals surface area (Å²) in [7, 11) is 2.98. The van der Waals surface area contributed by atoms with Gasteiger partial charge in [-0.15, -0.1) is 0 Å². The van der Waals surface area contributed by atoms with Crippen molar-refractivity contribution in [3.8, 4) is 11.5 Å². The fourth-order valence-electron chi connectivity index (χ4n) is 4.84. The zero-order valence-electron chi connectivity index (χ0n) is 23.1. The topological polar surface area (TPSA) is 112 Å². The minimum absolute atomic E-state index is 0.127. The second-order valence-electron chi connectivity index (χ2n) is 9.74. The van der Waals surface area contributed by atoms with Crippen LogP contribution in [0.5, 0.6) is 11.5 Å². The predicted octanol–water partition coefficient (Wildman–Crippen LogP) is 5.61. The van der Waals surface area contributed by atoms with Crippen molar-refractivity contribution in [2.45, 2.75) is 45.8 Å². The number of rotatable bonds is 10. The maximum absolute atomic E-state index is 13.5. The molecule has 3 aromatic rings. The molecular formula is C32H32O8. The van der Waals surface area contributed by atoms with Gasteiger partial charge in [-0.3, -0.25) is 4.79 Å². The summed E-state index contributed by atoms with van der Waals surface area (Å²) in [6, 6.07) is 12.8. The van der Waals surface area contributed by atoms with Crippen molar-refractivity contribution in [2.75, 3.05) is 14.2 Å². The minimum atomic E-state index is -1.05. The van der Waals surface area contributed by atoms with Crippen LogP contribution in [0.2, 0.25) is 0 Å². The highest BCUT2D eigenvalue weighted by molar-refractivity contribution is 6.10. The predicted molar refractivity (Wildman–Crippen MR) is 151 cm³/mol. The number of hydrogen-bond acceptors (Lipinski definition) is 7. The van der Waals surface area contributed by atoms with Gasteiger partial charge in [0.05, 0.1) is 25.7 Å². The van der Waals surface area contributed by atoms with Crippen molar-refractivity contribution in [2.24, 2.45) is 0 Å². The smallest absolute Gasteiger partial charge is 0.344 e. The summed E-state index contributed by atoms with van der Waals surface area (Å²) in [5.41, 5.74) is 2.55. The van der Waals surface area contributed by atoms with Crippen molar-refractivity contribution in [3.63, 3.8) is 0 Å². The van der Waals surface area contributed by atoms with Crippen LogP contribution in [0.4, 0.5) is 0 Å². The number of ketones is 1. The van der Waals surface area contributed by atoms with E-state index in [1.165, 1.54) is 20.3 Å². The van der Waals surface area contributed by atoms with Gasteiger partial charge in [0.15, 0.2) is 23.4 Å². The number of fused-ring (bicyclic) bond motifs is 1. The molecule has 0 saturated heterocycles. The molecule has 40 heavy (non-hydrogen) atoms. The fraction of sp³-hybridized carbons (Fsp3) is 0.281. The van der Waals surface area contributed by atoms with E-state index in [1.807, 2.05) is 30.3 Å². The van der Waals surface area contributed by atoms with Crippen LogP contribution < -0.4 is 15.1 Å². The lowest BCUT2D eigenvalue weighted by atomic mass is 10.0. The zero-order chi connectivity index (χ0) is 29.0. The molecule has 0 radical (unpaired) electrons. The van der Waals surface area contributed by atoms with Gasteiger partial charge in [-0.25, -0.2) is 9.59 Å². The van der Waals surface area contributed by atoms with Crippen LogP contribution in [0.15, 0.2) is 86.6 Å². The number of aliphatic carboxylic acids is 1. The molecule has 0 aliphatic heterocycles. The third-order valence-corrected chi connectivity index (χ3v) is 6.87. The Kier molecular flexibility index (Phi) is 8.70. The summed E-state index contributed by atoms with van der Waals surface area (Å²) >= 11 is 0. The molecule has 4 rings (SSSR count). The summed E-state index contributed by atoms with van der Waals surface area (Å²) < 4.78 is 22.3. The van der Waals surface area contributed by atoms with Gasteiger partial charge in [0.25, 0.3) is 0 Å². The van der Waals surface area contributed by atoms with Crippen LogP contribution in [0.1, 0.15) is 41.9 Å². The standard InChI is InChI=1S/C32H32O8/c1-18-13-23(15-19(2)25(14-18)39-24(31(34)35)12-11-21-9-7-6-8-10-21)29(33)26-16-22-17-27(37-4)30(38-5)20(3)28(22)32(36)40-26/h6-10,13-17,24-25H,11-12H2,1-5H3,(H,34,35). The Hall–Kier alpha value is -4.43. The molecule has 208 valence electrons. The first-order chi connectivity index (χ1) is 19.1. The highest BCUT2D eigenvalue weighted by Gasteiger charge is 2.26. The SMILES string of the molecule is COc1cc2cc(C(=O)C3=CC(C)=CC(OC(CCc4ccccc4)C(=O)O)C(C)=C3)oc(=O)c2c(C)c1OC. The molecule has 0 saturated carbocycles. The largest absolute Gasteiger partial charge is 0.493 e. The number of carbonyl (C=O) groups is 2. The molecule has 2 unspecified atom stereocenters. The Morgan fingerprint density at radius 3 is 2.40 bits per heavy atom. The Morgan fingerprint density at radius 1 is 1.02 bits per heavy atom. The van der Waals surface area contributed by atoms with Crippen LogP contribution in [0.25, 0.3) is 10.8 Å². The van der Waals surface area contributed by atoms with E-state index in [1.54, 1.807) is 45.1 Å². The number of Topliss-reactive ketones (excluding diaryl/α,β-unsaturated/α-hetero) is 1. The summed E-state index contributed by atoms with van der Waals surface area (Å²) in [4.78, 5) is 38.5. The maximum Gasteiger partial charge on any atom is 0.344 e. The van der Waals surface area contributed by atoms with Crippen molar-refractivity contribution in [3.05, 3.63) is 105 Å². The summed E-state index contributed by atoms with van der Waals surface area (Å²) in [6.07, 6.45) is 4.24. The van der Waals surface area contributed by atoms with E-state index in [4.69, 9.17) is 18.6 Å². The summed E-state index contributed by atoms with van der Waals surface area (Å²) in [5, 5.41) is 10.6. The monoisotopic (exact) mass is 544 g/mol. The lowest BCUT2D eigenvalue weighted by Crippen LogP contribution is -2.30. The van der Waals surface area contributed by atoms with Crippen molar-refractivity contribution in [1.82, 2.24) is 0 Å². The van der Waals surface area contributed by atoms with Gasteiger partial charge in [0, 0.05) is 11.1 Å². The van der Waals surface area contributed by atoms with Crippen LogP contribution >= 0.6 is 0 Å². The van der Waals surface area contributed by atoms with Gasteiger partial charge < -0.3 is 23.7 Å². The van der Waals surface area contributed by atoms with Gasteiger partial charge in [0.1, 0.15) is 0 Å². The molecule has 8 heteroatoms. The molecule has 0 bridgehead atoms. The van der Waals surface area contributed by atoms with Gasteiger partial charge in [-0.05, 0) is 80.5 Å². The molecule has 1 aliphatic carbocycles. The Labute approximate surface area is 232 Å². The van der Waals surface area contributed by atoms with Gasteiger partial charge >= 0.3 is 11.6 Å². The third kappa shape index (κ3) is 6.07. The van der Waals surface area contributed by atoms with E-state index in [0.29, 0.717) is 51.8 Å². The number of benzene rings is 2. The Balaban J connectivity index is 1.61. The van der Waals surface area contributed by atoms with E-state index in [2.05, 4.69) is 0 Å². The Bertz CT molecular complexity index is 1590. The first-order valence-corrected chi connectivity index (χ1v) is 12.9. The molecule has 1 aliphatic rings. The van der Waals surface area contributed by atoms with Gasteiger partial charge in [-0.2, -0.15) is 0 Å². The maximum atomic E-state index is 13.5.